The van der Waals surface area contributed by atoms with Crippen molar-refractivity contribution in [1.29, 1.82) is 0 Å². The second-order valence-corrected chi connectivity index (χ2v) is 6.66. The Hall–Kier alpha value is -1.06. The molecule has 1 heterocycles. The standard InChI is InChI=1S/C17H27NO2/c1-13-7-5-6-8-16(13)19-12-15-10-9-14(20-15)11-18-17(2,3)4/h5-8,14-15,18H,9-12H2,1-4H3. The van der Waals surface area contributed by atoms with Crippen LogP contribution in [0.25, 0.3) is 0 Å². The lowest BCUT2D eigenvalue weighted by molar-refractivity contribution is 0.0161. The lowest BCUT2D eigenvalue weighted by Gasteiger charge is -2.23. The van der Waals surface area contributed by atoms with Gasteiger partial charge < -0.3 is 14.8 Å². The Labute approximate surface area is 122 Å². The zero-order chi connectivity index (χ0) is 14.6. The first kappa shape index (κ1) is 15.3. The van der Waals surface area contributed by atoms with E-state index in [4.69, 9.17) is 9.47 Å². The van der Waals surface area contributed by atoms with Crippen molar-refractivity contribution < 1.29 is 9.47 Å². The van der Waals surface area contributed by atoms with Crippen LogP contribution in [-0.2, 0) is 4.74 Å². The van der Waals surface area contributed by atoms with Gasteiger partial charge in [0.1, 0.15) is 12.4 Å². The molecule has 1 aromatic carbocycles. The summed E-state index contributed by atoms with van der Waals surface area (Å²) < 4.78 is 11.9. The third-order valence-corrected chi connectivity index (χ3v) is 3.57. The molecular formula is C17H27NO2. The van der Waals surface area contributed by atoms with E-state index < -0.39 is 0 Å². The lowest BCUT2D eigenvalue weighted by atomic mass is 10.1. The minimum absolute atomic E-state index is 0.152. The molecule has 1 fully saturated rings. The van der Waals surface area contributed by atoms with E-state index in [1.165, 1.54) is 5.56 Å². The van der Waals surface area contributed by atoms with Crippen LogP contribution in [0, 0.1) is 6.92 Å². The molecule has 0 amide bonds. The van der Waals surface area contributed by atoms with Crippen LogP contribution in [0.3, 0.4) is 0 Å². The van der Waals surface area contributed by atoms with Crippen molar-refractivity contribution in [3.05, 3.63) is 29.8 Å². The van der Waals surface area contributed by atoms with Crippen molar-refractivity contribution in [1.82, 2.24) is 5.32 Å². The highest BCUT2D eigenvalue weighted by Crippen LogP contribution is 2.22. The number of benzene rings is 1. The molecule has 0 radical (unpaired) electrons. The van der Waals surface area contributed by atoms with E-state index in [9.17, 15) is 0 Å². The number of para-hydroxylation sites is 1. The molecule has 0 aliphatic carbocycles. The molecule has 3 heteroatoms. The summed E-state index contributed by atoms with van der Waals surface area (Å²) in [7, 11) is 0. The van der Waals surface area contributed by atoms with Gasteiger partial charge in [-0.25, -0.2) is 0 Å². The van der Waals surface area contributed by atoms with Crippen molar-refractivity contribution in [2.45, 2.75) is 58.3 Å². The molecule has 0 aromatic heterocycles. The SMILES string of the molecule is Cc1ccccc1OCC1CCC(CNC(C)(C)C)O1. The van der Waals surface area contributed by atoms with Crippen LogP contribution in [0.5, 0.6) is 5.75 Å². The minimum atomic E-state index is 0.152. The summed E-state index contributed by atoms with van der Waals surface area (Å²) in [5.41, 5.74) is 1.33. The summed E-state index contributed by atoms with van der Waals surface area (Å²) in [5, 5.41) is 3.50. The normalized spacial score (nSPS) is 23.0. The highest BCUT2D eigenvalue weighted by Gasteiger charge is 2.26. The molecule has 2 unspecified atom stereocenters. The zero-order valence-electron chi connectivity index (χ0n) is 13.1. The largest absolute Gasteiger partial charge is 0.491 e. The quantitative estimate of drug-likeness (QED) is 0.895. The molecule has 112 valence electrons. The van der Waals surface area contributed by atoms with E-state index >= 15 is 0 Å². The maximum Gasteiger partial charge on any atom is 0.122 e. The highest BCUT2D eigenvalue weighted by molar-refractivity contribution is 5.31. The Morgan fingerprint density at radius 1 is 1.20 bits per heavy atom. The Morgan fingerprint density at radius 3 is 2.60 bits per heavy atom. The topological polar surface area (TPSA) is 30.5 Å². The maximum atomic E-state index is 6.03. The summed E-state index contributed by atoms with van der Waals surface area (Å²) >= 11 is 0. The molecule has 1 saturated heterocycles. The van der Waals surface area contributed by atoms with Crippen LogP contribution in [0.1, 0.15) is 39.2 Å². The third-order valence-electron chi connectivity index (χ3n) is 3.57. The van der Waals surface area contributed by atoms with Gasteiger partial charge in [0.15, 0.2) is 0 Å². The molecule has 2 rings (SSSR count). The zero-order valence-corrected chi connectivity index (χ0v) is 13.1. The summed E-state index contributed by atoms with van der Waals surface area (Å²) in [5.74, 6) is 0.965. The van der Waals surface area contributed by atoms with Crippen molar-refractivity contribution in [2.24, 2.45) is 0 Å². The van der Waals surface area contributed by atoms with Crippen molar-refractivity contribution in [3.8, 4) is 5.75 Å². The smallest absolute Gasteiger partial charge is 0.122 e. The molecule has 0 spiro atoms. The summed E-state index contributed by atoms with van der Waals surface area (Å²) in [6.07, 6.45) is 2.74. The van der Waals surface area contributed by atoms with Crippen LogP contribution >= 0.6 is 0 Å². The van der Waals surface area contributed by atoms with E-state index in [1.807, 2.05) is 18.2 Å². The molecule has 1 N–H and O–H groups in total. The first-order valence-corrected chi connectivity index (χ1v) is 7.53. The molecule has 1 aromatic rings. The van der Waals surface area contributed by atoms with Gasteiger partial charge >= 0.3 is 0 Å². The summed E-state index contributed by atoms with van der Waals surface area (Å²) in [6, 6.07) is 8.13. The number of hydrogen-bond donors (Lipinski definition) is 1. The van der Waals surface area contributed by atoms with E-state index in [0.29, 0.717) is 12.7 Å². The van der Waals surface area contributed by atoms with Gasteiger partial charge in [-0.2, -0.15) is 0 Å². The number of hydrogen-bond acceptors (Lipinski definition) is 3. The van der Waals surface area contributed by atoms with Crippen LogP contribution in [-0.4, -0.2) is 30.9 Å². The predicted octanol–water partition coefficient (Wildman–Crippen LogP) is 3.31. The monoisotopic (exact) mass is 277 g/mol. The Balaban J connectivity index is 1.73. The first-order chi connectivity index (χ1) is 9.44. The van der Waals surface area contributed by atoms with Gasteiger partial charge in [-0.3, -0.25) is 0 Å². The Morgan fingerprint density at radius 2 is 1.90 bits per heavy atom. The van der Waals surface area contributed by atoms with E-state index in [1.54, 1.807) is 0 Å². The molecule has 2 atom stereocenters. The lowest BCUT2D eigenvalue weighted by Crippen LogP contribution is -2.41. The average molecular weight is 277 g/mol. The van der Waals surface area contributed by atoms with Gasteiger partial charge in [0.25, 0.3) is 0 Å². The van der Waals surface area contributed by atoms with Gasteiger partial charge in [0, 0.05) is 12.1 Å². The fraction of sp³-hybridized carbons (Fsp3) is 0.647. The van der Waals surface area contributed by atoms with Gasteiger partial charge in [-0.1, -0.05) is 18.2 Å². The van der Waals surface area contributed by atoms with Crippen LogP contribution < -0.4 is 10.1 Å². The molecule has 1 aliphatic heterocycles. The number of rotatable bonds is 5. The molecule has 0 saturated carbocycles. The molecule has 1 aliphatic rings. The van der Waals surface area contributed by atoms with E-state index in [2.05, 4.69) is 39.1 Å². The summed E-state index contributed by atoms with van der Waals surface area (Å²) in [6.45, 7) is 10.2. The Bertz CT molecular complexity index is 425. The second kappa shape index (κ2) is 6.59. The minimum Gasteiger partial charge on any atom is -0.491 e. The van der Waals surface area contributed by atoms with Gasteiger partial charge in [0.2, 0.25) is 0 Å². The molecule has 0 bridgehead atoms. The number of ether oxygens (including phenoxy) is 2. The van der Waals surface area contributed by atoms with Gasteiger partial charge in [0.05, 0.1) is 12.2 Å². The Kier molecular flexibility index (Phi) is 5.06. The number of nitrogens with one attached hydrogen (secondary N) is 1. The highest BCUT2D eigenvalue weighted by atomic mass is 16.5. The van der Waals surface area contributed by atoms with Crippen LogP contribution in [0.2, 0.25) is 0 Å². The predicted molar refractivity (Wildman–Crippen MR) is 82.3 cm³/mol. The van der Waals surface area contributed by atoms with Crippen molar-refractivity contribution >= 4 is 0 Å². The van der Waals surface area contributed by atoms with Gasteiger partial charge in [-0.05, 0) is 52.2 Å². The second-order valence-electron chi connectivity index (χ2n) is 6.66. The fourth-order valence-electron chi connectivity index (χ4n) is 2.37. The van der Waals surface area contributed by atoms with Crippen LogP contribution in [0.15, 0.2) is 24.3 Å². The van der Waals surface area contributed by atoms with Crippen molar-refractivity contribution in [3.63, 3.8) is 0 Å². The van der Waals surface area contributed by atoms with E-state index in [0.717, 1.165) is 25.1 Å². The average Bonchev–Trinajstić information content (AvgIpc) is 2.83. The van der Waals surface area contributed by atoms with Crippen molar-refractivity contribution in [2.75, 3.05) is 13.2 Å². The van der Waals surface area contributed by atoms with Crippen LogP contribution in [0.4, 0.5) is 0 Å². The summed E-state index contributed by atoms with van der Waals surface area (Å²) in [4.78, 5) is 0. The third kappa shape index (κ3) is 4.80. The fourth-order valence-corrected chi connectivity index (χ4v) is 2.37. The first-order valence-electron chi connectivity index (χ1n) is 7.53. The van der Waals surface area contributed by atoms with Gasteiger partial charge in [-0.15, -0.1) is 0 Å². The molecule has 3 nitrogen and oxygen atoms in total. The van der Waals surface area contributed by atoms with E-state index in [-0.39, 0.29) is 11.6 Å². The number of aryl methyl sites for hydroxylation is 1. The molecular weight excluding hydrogens is 250 g/mol. The maximum absolute atomic E-state index is 6.03. The molecule has 20 heavy (non-hydrogen) atoms.